The van der Waals surface area contributed by atoms with Crippen LogP contribution in [0, 0.1) is 12.9 Å². The zero-order valence-electron chi connectivity index (χ0n) is 22.0. The summed E-state index contributed by atoms with van der Waals surface area (Å²) in [5.74, 6) is 0.179. The summed E-state index contributed by atoms with van der Waals surface area (Å²) in [7, 11) is -1.29. The average Bonchev–Trinajstić information content (AvgIpc) is 2.81. The molecule has 3 aromatic rings. The van der Waals surface area contributed by atoms with Gasteiger partial charge >= 0.3 is 0 Å². The maximum Gasteiger partial charge on any atom is 0.228 e. The van der Waals surface area contributed by atoms with Crippen LogP contribution in [-0.2, 0) is 22.0 Å². The largest absolute Gasteiger partial charge is 0.309 e. The lowest BCUT2D eigenvalue weighted by Crippen LogP contribution is -2.29. The number of anilines is 2. The van der Waals surface area contributed by atoms with Crippen LogP contribution in [0.1, 0.15) is 67.7 Å². The van der Waals surface area contributed by atoms with Gasteiger partial charge < -0.3 is 10.2 Å². The molecule has 1 aliphatic rings. The second-order valence-corrected chi connectivity index (χ2v) is 13.4. The summed E-state index contributed by atoms with van der Waals surface area (Å²) in [5, 5.41) is 3.00. The topological polar surface area (TPSA) is 114 Å². The van der Waals surface area contributed by atoms with Gasteiger partial charge in [0.05, 0.1) is 27.6 Å². The number of likely N-dealkylation sites (tertiary alicyclic amines) is 1. The average molecular weight is 528 g/mol. The molecule has 0 aromatic carbocycles. The molecule has 11 heteroatoms. The molecule has 0 aliphatic carbocycles. The third kappa shape index (κ3) is 6.64. The molecular weight excluding hydrogens is 493 g/mol. The van der Waals surface area contributed by atoms with Gasteiger partial charge in [0.25, 0.3) is 0 Å². The summed E-state index contributed by atoms with van der Waals surface area (Å²) in [4.78, 5) is 23.7. The smallest absolute Gasteiger partial charge is 0.228 e. The zero-order chi connectivity index (χ0) is 26.8. The molecule has 4 rings (SSSR count). The van der Waals surface area contributed by atoms with Crippen molar-refractivity contribution in [3.63, 3.8) is 0 Å². The van der Waals surface area contributed by atoms with Crippen molar-refractivity contribution in [2.45, 2.75) is 63.4 Å². The summed E-state index contributed by atoms with van der Waals surface area (Å²) >= 11 is 0. The standard InChI is InChI=1S/C26H34FN7O2S/c1-17-14-28-25(33-23-7-6-21(24(27)32-23)18-8-10-34(5)11-9-18)31-22(17)13-19-12-20(30-16-29-19)15-37(35,36)26(2,3)4/h6-7,12,14,16,18H,8-11,13,15H2,1-5H3,(H,28,31,32,33). The van der Waals surface area contributed by atoms with Gasteiger partial charge in [0.15, 0.2) is 9.84 Å². The number of halogens is 1. The van der Waals surface area contributed by atoms with Gasteiger partial charge in [-0.1, -0.05) is 6.07 Å². The molecule has 9 nitrogen and oxygen atoms in total. The molecule has 0 unspecified atom stereocenters. The highest BCUT2D eigenvalue weighted by Gasteiger charge is 2.29. The lowest BCUT2D eigenvalue weighted by molar-refractivity contribution is 0.252. The molecule has 1 aliphatic heterocycles. The normalized spacial score (nSPS) is 15.6. The summed E-state index contributed by atoms with van der Waals surface area (Å²) in [6, 6.07) is 5.24. The lowest BCUT2D eigenvalue weighted by atomic mass is 9.90. The van der Waals surface area contributed by atoms with Crippen LogP contribution in [0.25, 0.3) is 0 Å². The first-order chi connectivity index (χ1) is 17.4. The zero-order valence-corrected chi connectivity index (χ0v) is 22.8. The molecule has 0 spiro atoms. The van der Waals surface area contributed by atoms with Crippen molar-refractivity contribution in [2.24, 2.45) is 0 Å². The Balaban J connectivity index is 1.48. The van der Waals surface area contributed by atoms with E-state index in [1.165, 1.54) is 6.33 Å². The monoisotopic (exact) mass is 527 g/mol. The Labute approximate surface area is 217 Å². The van der Waals surface area contributed by atoms with Crippen molar-refractivity contribution < 1.29 is 12.8 Å². The Hall–Kier alpha value is -3.05. The molecule has 3 aromatic heterocycles. The van der Waals surface area contributed by atoms with E-state index in [0.717, 1.165) is 31.5 Å². The number of nitrogens with zero attached hydrogens (tertiary/aromatic N) is 6. The number of hydrogen-bond donors (Lipinski definition) is 1. The first-order valence-electron chi connectivity index (χ1n) is 12.4. The van der Waals surface area contributed by atoms with Gasteiger partial charge in [-0.25, -0.2) is 33.3 Å². The number of pyridine rings is 1. The van der Waals surface area contributed by atoms with Gasteiger partial charge in [-0.2, -0.15) is 4.39 Å². The first-order valence-corrected chi connectivity index (χ1v) is 14.0. The van der Waals surface area contributed by atoms with Crippen molar-refractivity contribution in [1.29, 1.82) is 0 Å². The number of hydrogen-bond acceptors (Lipinski definition) is 9. The van der Waals surface area contributed by atoms with Gasteiger partial charge in [-0.15, -0.1) is 0 Å². The number of piperidine rings is 1. The van der Waals surface area contributed by atoms with Crippen LogP contribution in [0.3, 0.4) is 0 Å². The molecule has 0 atom stereocenters. The molecule has 4 heterocycles. The molecule has 1 N–H and O–H groups in total. The van der Waals surface area contributed by atoms with Crippen LogP contribution in [0.2, 0.25) is 0 Å². The molecule has 0 amide bonds. The molecule has 0 radical (unpaired) electrons. The summed E-state index contributed by atoms with van der Waals surface area (Å²) < 4.78 is 39.1. The first kappa shape index (κ1) is 27.0. The fraction of sp³-hybridized carbons (Fsp3) is 0.500. The lowest BCUT2D eigenvalue weighted by Gasteiger charge is -2.29. The van der Waals surface area contributed by atoms with Crippen molar-refractivity contribution >= 4 is 21.6 Å². The van der Waals surface area contributed by atoms with Crippen LogP contribution >= 0.6 is 0 Å². The molecular formula is C26H34FN7O2S. The van der Waals surface area contributed by atoms with Gasteiger partial charge in [-0.3, -0.25) is 0 Å². The summed E-state index contributed by atoms with van der Waals surface area (Å²) in [6.45, 7) is 8.80. The van der Waals surface area contributed by atoms with E-state index < -0.39 is 20.5 Å². The Bertz CT molecular complexity index is 1370. The van der Waals surface area contributed by atoms with E-state index in [0.29, 0.717) is 40.8 Å². The van der Waals surface area contributed by atoms with Crippen LogP contribution < -0.4 is 5.32 Å². The minimum Gasteiger partial charge on any atom is -0.309 e. The van der Waals surface area contributed by atoms with Crippen LogP contribution in [0.15, 0.2) is 30.7 Å². The van der Waals surface area contributed by atoms with Crippen molar-refractivity contribution in [3.05, 3.63) is 64.9 Å². The molecule has 1 saturated heterocycles. The van der Waals surface area contributed by atoms with Gasteiger partial charge in [0.1, 0.15) is 12.1 Å². The molecule has 0 saturated carbocycles. The minimum absolute atomic E-state index is 0.160. The van der Waals surface area contributed by atoms with E-state index in [4.69, 9.17) is 0 Å². The Kier molecular flexibility index (Phi) is 7.84. The minimum atomic E-state index is -3.37. The summed E-state index contributed by atoms with van der Waals surface area (Å²) in [6.07, 6.45) is 5.25. The maximum atomic E-state index is 14.8. The highest BCUT2D eigenvalue weighted by molar-refractivity contribution is 7.91. The molecule has 37 heavy (non-hydrogen) atoms. The van der Waals surface area contributed by atoms with E-state index in [1.54, 1.807) is 45.2 Å². The number of aromatic nitrogens is 5. The maximum absolute atomic E-state index is 14.8. The van der Waals surface area contributed by atoms with Crippen LogP contribution in [0.4, 0.5) is 16.2 Å². The van der Waals surface area contributed by atoms with Crippen molar-refractivity contribution in [2.75, 3.05) is 25.5 Å². The predicted molar refractivity (Wildman–Crippen MR) is 141 cm³/mol. The summed E-state index contributed by atoms with van der Waals surface area (Å²) in [5.41, 5.74) is 3.30. The van der Waals surface area contributed by atoms with E-state index in [1.807, 2.05) is 6.92 Å². The molecule has 0 bridgehead atoms. The van der Waals surface area contributed by atoms with E-state index in [9.17, 15) is 12.8 Å². The van der Waals surface area contributed by atoms with Crippen LogP contribution in [-0.4, -0.2) is 63.1 Å². The Morgan fingerprint density at radius 3 is 2.46 bits per heavy atom. The van der Waals surface area contributed by atoms with Crippen molar-refractivity contribution in [1.82, 2.24) is 29.8 Å². The van der Waals surface area contributed by atoms with Crippen LogP contribution in [0.5, 0.6) is 0 Å². The van der Waals surface area contributed by atoms with E-state index >= 15 is 0 Å². The van der Waals surface area contributed by atoms with Gasteiger partial charge in [0.2, 0.25) is 11.9 Å². The Morgan fingerprint density at radius 2 is 1.78 bits per heavy atom. The molecule has 198 valence electrons. The molecule has 1 fully saturated rings. The van der Waals surface area contributed by atoms with E-state index in [2.05, 4.69) is 42.2 Å². The third-order valence-corrected chi connectivity index (χ3v) is 9.29. The van der Waals surface area contributed by atoms with Gasteiger partial charge in [-0.05, 0) is 84.3 Å². The fourth-order valence-corrected chi connectivity index (χ4v) is 5.15. The van der Waals surface area contributed by atoms with E-state index in [-0.39, 0.29) is 11.7 Å². The number of nitrogens with one attached hydrogen (secondary N) is 1. The highest BCUT2D eigenvalue weighted by Crippen LogP contribution is 2.30. The predicted octanol–water partition coefficient (Wildman–Crippen LogP) is 3.97. The number of rotatable bonds is 7. The number of aryl methyl sites for hydroxylation is 1. The highest BCUT2D eigenvalue weighted by atomic mass is 32.2. The van der Waals surface area contributed by atoms with Gasteiger partial charge in [0, 0.05) is 18.2 Å². The second-order valence-electron chi connectivity index (χ2n) is 10.7. The fourth-order valence-electron chi connectivity index (χ4n) is 4.17. The van der Waals surface area contributed by atoms with Crippen molar-refractivity contribution in [3.8, 4) is 0 Å². The number of sulfone groups is 1. The third-order valence-electron chi connectivity index (χ3n) is 6.75. The Morgan fingerprint density at radius 1 is 1.08 bits per heavy atom. The quantitative estimate of drug-likeness (QED) is 0.456. The SMILES string of the molecule is Cc1cnc(Nc2ccc(C3CCN(C)CC3)c(F)n2)nc1Cc1cc(CS(=O)(=O)C(C)(C)C)ncn1. The second kappa shape index (κ2) is 10.7.